The van der Waals surface area contributed by atoms with Crippen LogP contribution in [0.15, 0.2) is 17.5 Å². The van der Waals surface area contributed by atoms with Crippen LogP contribution in [0.4, 0.5) is 5.82 Å². The van der Waals surface area contributed by atoms with E-state index in [0.717, 1.165) is 26.1 Å². The van der Waals surface area contributed by atoms with Gasteiger partial charge in [-0.25, -0.2) is 9.97 Å². The van der Waals surface area contributed by atoms with Gasteiger partial charge in [0.2, 0.25) is 0 Å². The molecule has 19 heavy (non-hydrogen) atoms. The molecule has 3 N–H and O–H groups in total. The van der Waals surface area contributed by atoms with Crippen LogP contribution in [-0.2, 0) is 0 Å². The molecule has 2 heterocycles. The third kappa shape index (κ3) is 2.76. The quantitative estimate of drug-likeness (QED) is 0.348. The second-order valence-corrected chi connectivity index (χ2v) is 4.70. The summed E-state index contributed by atoms with van der Waals surface area (Å²) < 4.78 is 0. The van der Waals surface area contributed by atoms with Gasteiger partial charge in [-0.1, -0.05) is 12.1 Å². The summed E-state index contributed by atoms with van der Waals surface area (Å²) in [6, 6.07) is 0.482. The Morgan fingerprint density at radius 3 is 2.89 bits per heavy atom. The molecule has 0 radical (unpaired) electrons. The molecule has 0 saturated carbocycles. The molecule has 104 valence electrons. The number of rotatable bonds is 3. The number of piperazine rings is 1. The van der Waals surface area contributed by atoms with Crippen LogP contribution in [0.3, 0.4) is 0 Å². The van der Waals surface area contributed by atoms with Crippen LogP contribution in [0.1, 0.15) is 19.0 Å². The summed E-state index contributed by atoms with van der Waals surface area (Å²) in [5.74, 6) is 0.680. The van der Waals surface area contributed by atoms with Gasteiger partial charge >= 0.3 is 0 Å². The molecule has 7 nitrogen and oxygen atoms in total. The molecule has 0 spiro atoms. The highest BCUT2D eigenvalue weighted by Crippen LogP contribution is 2.20. The van der Waals surface area contributed by atoms with Gasteiger partial charge in [-0.05, 0) is 13.5 Å². The first-order chi connectivity index (χ1) is 9.17. The fraction of sp³-hybridized carbons (Fsp3) is 0.583. The Morgan fingerprint density at radius 2 is 2.21 bits per heavy atom. The van der Waals surface area contributed by atoms with E-state index < -0.39 is 0 Å². The molecule has 1 aromatic rings. The van der Waals surface area contributed by atoms with Crippen LogP contribution in [0, 0.1) is 0 Å². The molecule has 1 atom stereocenters. The molecule has 1 fully saturated rings. The zero-order chi connectivity index (χ0) is 13.8. The van der Waals surface area contributed by atoms with E-state index in [0.29, 0.717) is 17.6 Å². The lowest BCUT2D eigenvalue weighted by atomic mass is 10.1. The van der Waals surface area contributed by atoms with Crippen molar-refractivity contribution in [1.29, 1.82) is 0 Å². The van der Waals surface area contributed by atoms with Crippen LogP contribution in [0.25, 0.3) is 0 Å². The van der Waals surface area contributed by atoms with Crippen molar-refractivity contribution in [2.45, 2.75) is 19.4 Å². The normalized spacial score (nSPS) is 21.7. The largest absolute Gasteiger partial charge is 0.409 e. The monoisotopic (exact) mass is 264 g/mol. The smallest absolute Gasteiger partial charge is 0.192 e. The van der Waals surface area contributed by atoms with Crippen LogP contribution in [0.5, 0.6) is 0 Å². The molecule has 1 aromatic heterocycles. The maximum absolute atomic E-state index is 8.82. The molecule has 0 aliphatic carbocycles. The van der Waals surface area contributed by atoms with Gasteiger partial charge < -0.3 is 15.8 Å². The van der Waals surface area contributed by atoms with Gasteiger partial charge in [-0.15, -0.1) is 0 Å². The molecule has 7 heteroatoms. The van der Waals surface area contributed by atoms with Gasteiger partial charge in [0.25, 0.3) is 0 Å². The van der Waals surface area contributed by atoms with Crippen LogP contribution in [-0.4, -0.2) is 58.6 Å². The van der Waals surface area contributed by atoms with E-state index in [-0.39, 0.29) is 5.84 Å². The number of likely N-dealkylation sites (N-methyl/N-ethyl adjacent to an activating group) is 1. The molecular weight excluding hydrogens is 244 g/mol. The minimum absolute atomic E-state index is 0.00456. The van der Waals surface area contributed by atoms with Crippen molar-refractivity contribution < 1.29 is 5.21 Å². The van der Waals surface area contributed by atoms with Gasteiger partial charge in [0, 0.05) is 38.1 Å². The average Bonchev–Trinajstić information content (AvgIpc) is 2.47. The van der Waals surface area contributed by atoms with Crippen molar-refractivity contribution in [3.63, 3.8) is 0 Å². The van der Waals surface area contributed by atoms with Crippen molar-refractivity contribution in [3.8, 4) is 0 Å². The highest BCUT2D eigenvalue weighted by Gasteiger charge is 2.26. The van der Waals surface area contributed by atoms with E-state index in [2.05, 4.69) is 38.9 Å². The Bertz CT molecular complexity index is 463. The predicted octanol–water partition coefficient (Wildman–Crippen LogP) is 0.102. The number of hydrogen-bond donors (Lipinski definition) is 2. The number of aromatic nitrogens is 2. The number of anilines is 1. The summed E-state index contributed by atoms with van der Waals surface area (Å²) in [6.45, 7) is 4.87. The van der Waals surface area contributed by atoms with Crippen molar-refractivity contribution in [2.75, 3.05) is 31.6 Å². The summed E-state index contributed by atoms with van der Waals surface area (Å²) >= 11 is 0. The van der Waals surface area contributed by atoms with E-state index in [4.69, 9.17) is 10.9 Å². The topological polar surface area (TPSA) is 90.9 Å². The van der Waals surface area contributed by atoms with E-state index in [1.165, 1.54) is 0 Å². The summed E-state index contributed by atoms with van der Waals surface area (Å²) in [5.41, 5.74) is 6.09. The van der Waals surface area contributed by atoms with Gasteiger partial charge in [-0.3, -0.25) is 4.90 Å². The Labute approximate surface area is 112 Å². The molecule has 0 aromatic carbocycles. The van der Waals surface area contributed by atoms with Crippen molar-refractivity contribution >= 4 is 11.7 Å². The molecular formula is C12H20N6O. The standard InChI is InChI=1S/C12H20N6O/c1-3-9-8-18(7-6-17(9)2)12-10(11(13)16-19)14-4-5-15-12/h4-5,9,19H,3,6-8H2,1-2H3,(H2,13,16). The third-order valence-electron chi connectivity index (χ3n) is 3.58. The van der Waals surface area contributed by atoms with Gasteiger partial charge in [0.1, 0.15) is 0 Å². The maximum atomic E-state index is 8.82. The molecule has 1 unspecified atom stereocenters. The van der Waals surface area contributed by atoms with Crippen LogP contribution < -0.4 is 10.6 Å². The van der Waals surface area contributed by atoms with Crippen LogP contribution >= 0.6 is 0 Å². The summed E-state index contributed by atoms with van der Waals surface area (Å²) in [5, 5.41) is 11.8. The van der Waals surface area contributed by atoms with Crippen molar-refractivity contribution in [2.24, 2.45) is 10.9 Å². The van der Waals surface area contributed by atoms with Crippen LogP contribution in [0.2, 0.25) is 0 Å². The molecule has 1 aliphatic heterocycles. The number of hydrogen-bond acceptors (Lipinski definition) is 6. The molecule has 0 amide bonds. The maximum Gasteiger partial charge on any atom is 0.192 e. The fourth-order valence-electron chi connectivity index (χ4n) is 2.37. The SMILES string of the molecule is CCC1CN(c2nccnc2C(N)=NO)CCN1C. The number of nitrogens with zero attached hydrogens (tertiary/aromatic N) is 5. The lowest BCUT2D eigenvalue weighted by Gasteiger charge is -2.39. The highest BCUT2D eigenvalue weighted by molar-refractivity contribution is 5.99. The first-order valence-electron chi connectivity index (χ1n) is 6.41. The zero-order valence-electron chi connectivity index (χ0n) is 11.3. The van der Waals surface area contributed by atoms with Gasteiger partial charge in [0.05, 0.1) is 0 Å². The predicted molar refractivity (Wildman–Crippen MR) is 73.5 cm³/mol. The second kappa shape index (κ2) is 5.83. The highest BCUT2D eigenvalue weighted by atomic mass is 16.4. The third-order valence-corrected chi connectivity index (χ3v) is 3.58. The minimum Gasteiger partial charge on any atom is -0.409 e. The lowest BCUT2D eigenvalue weighted by molar-refractivity contribution is 0.213. The summed E-state index contributed by atoms with van der Waals surface area (Å²) in [4.78, 5) is 13.0. The number of oxime groups is 1. The molecule has 1 saturated heterocycles. The molecule has 1 aliphatic rings. The number of nitrogens with two attached hydrogens (primary N) is 1. The van der Waals surface area contributed by atoms with E-state index in [9.17, 15) is 0 Å². The van der Waals surface area contributed by atoms with E-state index >= 15 is 0 Å². The number of amidine groups is 1. The van der Waals surface area contributed by atoms with Crippen molar-refractivity contribution in [1.82, 2.24) is 14.9 Å². The van der Waals surface area contributed by atoms with Gasteiger partial charge in [0.15, 0.2) is 17.3 Å². The molecule has 0 bridgehead atoms. The molecule has 2 rings (SSSR count). The zero-order valence-corrected chi connectivity index (χ0v) is 11.3. The minimum atomic E-state index is -0.00456. The lowest BCUT2D eigenvalue weighted by Crippen LogP contribution is -2.52. The first-order valence-corrected chi connectivity index (χ1v) is 6.41. The average molecular weight is 264 g/mol. The van der Waals surface area contributed by atoms with E-state index in [1.807, 2.05) is 0 Å². The summed E-state index contributed by atoms with van der Waals surface area (Å²) in [6.07, 6.45) is 4.25. The van der Waals surface area contributed by atoms with Crippen molar-refractivity contribution in [3.05, 3.63) is 18.1 Å². The summed E-state index contributed by atoms with van der Waals surface area (Å²) in [7, 11) is 2.13. The Hall–Kier alpha value is -1.89. The fourth-order valence-corrected chi connectivity index (χ4v) is 2.37. The van der Waals surface area contributed by atoms with E-state index in [1.54, 1.807) is 12.4 Å². The Kier molecular flexibility index (Phi) is 4.16. The van der Waals surface area contributed by atoms with Gasteiger partial charge in [-0.2, -0.15) is 0 Å². The second-order valence-electron chi connectivity index (χ2n) is 4.70. The Balaban J connectivity index is 2.27. The first kappa shape index (κ1) is 13.5. The Morgan fingerprint density at radius 1 is 1.47 bits per heavy atom.